The van der Waals surface area contributed by atoms with Crippen LogP contribution in [0.3, 0.4) is 0 Å². The van der Waals surface area contributed by atoms with E-state index in [-0.39, 0.29) is 36.2 Å². The first kappa shape index (κ1) is 40.1. The molecule has 12 heteroatoms. The quantitative estimate of drug-likeness (QED) is 0.0353. The molecule has 2 heterocycles. The molecule has 0 spiro atoms. The van der Waals surface area contributed by atoms with Gasteiger partial charge in [-0.3, -0.25) is 9.59 Å². The van der Waals surface area contributed by atoms with E-state index in [0.29, 0.717) is 60.8 Å². The average molecular weight is 775 g/mol. The molecule has 1 aliphatic rings. The summed E-state index contributed by atoms with van der Waals surface area (Å²) in [6.07, 6.45) is 3.73. The van der Waals surface area contributed by atoms with Crippen LogP contribution >= 0.6 is 11.8 Å². The molecule has 1 aromatic heterocycles. The van der Waals surface area contributed by atoms with Crippen LogP contribution in [0.2, 0.25) is 0 Å². The van der Waals surface area contributed by atoms with Crippen molar-refractivity contribution in [3.8, 4) is 11.1 Å². The van der Waals surface area contributed by atoms with Crippen LogP contribution in [-0.2, 0) is 32.2 Å². The van der Waals surface area contributed by atoms with E-state index in [4.69, 9.17) is 15.2 Å². The number of aromatic carboxylic acids is 1. The number of nitrogen functional groups attached to an aromatic ring is 1. The van der Waals surface area contributed by atoms with Gasteiger partial charge in [-0.05, 0) is 77.1 Å². The lowest BCUT2D eigenvalue weighted by atomic mass is 9.99. The van der Waals surface area contributed by atoms with Gasteiger partial charge in [0.2, 0.25) is 11.8 Å². The Hall–Kier alpha value is -5.53. The summed E-state index contributed by atoms with van der Waals surface area (Å²) in [5, 5.41) is 25.5. The van der Waals surface area contributed by atoms with Crippen molar-refractivity contribution in [2.45, 2.75) is 75.2 Å². The van der Waals surface area contributed by atoms with Crippen molar-refractivity contribution in [3.05, 3.63) is 143 Å². The van der Waals surface area contributed by atoms with Crippen LogP contribution in [-0.4, -0.2) is 44.8 Å². The van der Waals surface area contributed by atoms with E-state index in [1.807, 2.05) is 78.9 Å². The Morgan fingerprint density at radius 3 is 2.30 bits per heavy atom. The molecule has 3 atom stereocenters. The number of aliphatic hydroxyl groups is 1. The number of amides is 2. The number of carbonyl (C=O) groups is 3. The lowest BCUT2D eigenvalue weighted by Gasteiger charge is -2.36. The maximum atomic E-state index is 12.7. The van der Waals surface area contributed by atoms with E-state index in [9.17, 15) is 24.6 Å². The third-order valence-corrected chi connectivity index (χ3v) is 10.6. The molecule has 5 aromatic rings. The Kier molecular flexibility index (Phi) is 14.2. The monoisotopic (exact) mass is 774 g/mol. The summed E-state index contributed by atoms with van der Waals surface area (Å²) < 4.78 is 13.1. The molecule has 6 rings (SSSR count). The minimum Gasteiger partial charge on any atom is -0.478 e. The third kappa shape index (κ3) is 11.3. The minimum absolute atomic E-state index is 0.0407. The van der Waals surface area contributed by atoms with E-state index in [2.05, 4.69) is 21.7 Å². The van der Waals surface area contributed by atoms with Crippen molar-refractivity contribution < 1.29 is 34.1 Å². The zero-order valence-corrected chi connectivity index (χ0v) is 31.8. The van der Waals surface area contributed by atoms with E-state index < -0.39 is 12.3 Å². The first-order chi connectivity index (χ1) is 27.2. The summed E-state index contributed by atoms with van der Waals surface area (Å²) in [7, 11) is 0. The summed E-state index contributed by atoms with van der Waals surface area (Å²) in [4.78, 5) is 41.0. The van der Waals surface area contributed by atoms with Gasteiger partial charge in [-0.2, -0.15) is 0 Å². The summed E-state index contributed by atoms with van der Waals surface area (Å²) in [5.41, 5.74) is 12.7. The molecular formula is C44H46N4O7S. The Labute approximate surface area is 330 Å². The Morgan fingerprint density at radius 1 is 0.786 bits per heavy atom. The number of nitrogens with one attached hydrogen (secondary N) is 2. The number of benzene rings is 4. The average Bonchev–Trinajstić information content (AvgIpc) is 3.23. The molecule has 1 saturated heterocycles. The fourth-order valence-electron chi connectivity index (χ4n) is 6.45. The van der Waals surface area contributed by atoms with Gasteiger partial charge in [-0.1, -0.05) is 79.2 Å². The predicted octanol–water partition coefficient (Wildman–Crippen LogP) is 8.06. The van der Waals surface area contributed by atoms with Gasteiger partial charge >= 0.3 is 5.97 Å². The molecule has 0 saturated carbocycles. The molecular weight excluding hydrogens is 729 g/mol. The van der Waals surface area contributed by atoms with Crippen molar-refractivity contribution >= 4 is 40.9 Å². The number of nitrogens with two attached hydrogens (primary N) is 1. The number of thioether (sulfide) groups is 1. The summed E-state index contributed by atoms with van der Waals surface area (Å²) in [5.74, 6) is -0.695. The highest BCUT2D eigenvalue weighted by Gasteiger charge is 2.33. The molecule has 0 unspecified atom stereocenters. The maximum Gasteiger partial charge on any atom is 0.338 e. The number of carboxylic acids is 1. The number of aromatic nitrogens is 1. The van der Waals surface area contributed by atoms with E-state index in [0.717, 1.165) is 39.8 Å². The first-order valence-electron chi connectivity index (χ1n) is 18.7. The number of pyridine rings is 1. The Bertz CT molecular complexity index is 2110. The molecule has 0 bridgehead atoms. The zero-order chi connectivity index (χ0) is 39.3. The highest BCUT2D eigenvalue weighted by molar-refractivity contribution is 7.99. The molecule has 56 heavy (non-hydrogen) atoms. The maximum absolute atomic E-state index is 12.7. The van der Waals surface area contributed by atoms with Gasteiger partial charge < -0.3 is 36.1 Å². The molecule has 4 aromatic carbocycles. The number of ether oxygens (including phenoxy) is 2. The molecule has 1 fully saturated rings. The van der Waals surface area contributed by atoms with Crippen LogP contribution < -0.4 is 16.4 Å². The highest BCUT2D eigenvalue weighted by atomic mass is 32.2. The van der Waals surface area contributed by atoms with Crippen LogP contribution in [0.5, 0.6) is 0 Å². The zero-order valence-electron chi connectivity index (χ0n) is 30.9. The van der Waals surface area contributed by atoms with Gasteiger partial charge in [0, 0.05) is 43.3 Å². The first-order valence-corrected chi connectivity index (χ1v) is 19.7. The Balaban J connectivity index is 1.05. The van der Waals surface area contributed by atoms with Crippen molar-refractivity contribution in [2.75, 3.05) is 16.8 Å². The largest absolute Gasteiger partial charge is 0.478 e. The van der Waals surface area contributed by atoms with E-state index >= 15 is 0 Å². The lowest BCUT2D eigenvalue weighted by Crippen LogP contribution is -2.31. The number of carbonyl (C=O) groups excluding carboxylic acids is 2. The number of nitrogens with zero attached hydrogens (tertiary/aromatic N) is 1. The summed E-state index contributed by atoms with van der Waals surface area (Å²) in [6.45, 7) is 0.334. The number of aliphatic hydroxyl groups excluding tert-OH is 1. The second kappa shape index (κ2) is 19.9. The van der Waals surface area contributed by atoms with Gasteiger partial charge in [0.15, 0.2) is 6.29 Å². The van der Waals surface area contributed by atoms with Gasteiger partial charge in [-0.25, -0.2) is 9.78 Å². The topological polar surface area (TPSA) is 173 Å². The third-order valence-electron chi connectivity index (χ3n) is 9.47. The van der Waals surface area contributed by atoms with Gasteiger partial charge in [0.25, 0.3) is 0 Å². The number of para-hydroxylation sites is 2. The molecule has 0 aliphatic carbocycles. The van der Waals surface area contributed by atoms with Crippen molar-refractivity contribution in [2.24, 2.45) is 0 Å². The van der Waals surface area contributed by atoms with Gasteiger partial charge in [0.1, 0.15) is 5.03 Å². The van der Waals surface area contributed by atoms with Gasteiger partial charge in [0.05, 0.1) is 35.8 Å². The number of carboxylic acid groups (broad SMARTS) is 1. The van der Waals surface area contributed by atoms with E-state index in [1.54, 1.807) is 30.5 Å². The van der Waals surface area contributed by atoms with E-state index in [1.165, 1.54) is 11.8 Å². The molecule has 1 aliphatic heterocycles. The number of hydrogen-bond acceptors (Lipinski definition) is 9. The minimum atomic E-state index is -1.03. The SMILES string of the molecule is Nc1ccccc1NC(=O)CCCCCC(=O)NCc1cccc(-c2cccc([C@H]3O[C@@H](CSc4ncccc4C(=O)O)C[C@@H](c4ccc(CO)cc4)O3)c2)c1. The van der Waals surface area contributed by atoms with Crippen molar-refractivity contribution in [3.63, 3.8) is 0 Å². The predicted molar refractivity (Wildman–Crippen MR) is 217 cm³/mol. The number of rotatable bonds is 17. The highest BCUT2D eigenvalue weighted by Crippen LogP contribution is 2.40. The van der Waals surface area contributed by atoms with Crippen LogP contribution in [0.25, 0.3) is 11.1 Å². The van der Waals surface area contributed by atoms with Crippen LogP contribution in [0.15, 0.2) is 120 Å². The fraction of sp³-hybridized carbons (Fsp3) is 0.273. The molecule has 6 N–H and O–H groups in total. The van der Waals surface area contributed by atoms with Crippen LogP contribution in [0.1, 0.15) is 83.5 Å². The van der Waals surface area contributed by atoms with Crippen LogP contribution in [0, 0.1) is 0 Å². The molecule has 11 nitrogen and oxygen atoms in total. The molecule has 0 radical (unpaired) electrons. The number of anilines is 2. The summed E-state index contributed by atoms with van der Waals surface area (Å²) in [6, 6.07) is 34.0. The summed E-state index contributed by atoms with van der Waals surface area (Å²) >= 11 is 1.34. The second-order valence-electron chi connectivity index (χ2n) is 13.6. The Morgan fingerprint density at radius 2 is 1.54 bits per heavy atom. The van der Waals surface area contributed by atoms with Crippen LogP contribution in [0.4, 0.5) is 11.4 Å². The normalized spacial score (nSPS) is 16.6. The molecule has 2 amide bonds. The van der Waals surface area contributed by atoms with Crippen molar-refractivity contribution in [1.82, 2.24) is 10.3 Å². The lowest BCUT2D eigenvalue weighted by molar-refractivity contribution is -0.245. The fourth-order valence-corrected chi connectivity index (χ4v) is 7.45. The standard InChI is InChI=1S/C44H46N4O7S/c45-37-14-4-5-15-38(37)48-41(51)17-3-1-2-16-40(50)47-26-30-9-6-10-32(23-30)33-11-7-12-34(24-33)44-54-35(28-56-42-36(43(52)53)13-8-22-46-42)25-39(55-44)31-20-18-29(27-49)19-21-31/h4-15,18-24,35,39,44,49H,1-3,16-17,25-28,45H2,(H,47,50)(H,48,51)(H,52,53)/t35-,39+,44+/m1/s1. The van der Waals surface area contributed by atoms with Crippen molar-refractivity contribution in [1.29, 1.82) is 0 Å². The smallest absolute Gasteiger partial charge is 0.338 e. The number of unbranched alkanes of at least 4 members (excludes halogenated alkanes) is 2. The number of hydrogen-bond donors (Lipinski definition) is 5. The molecule has 290 valence electrons. The second-order valence-corrected chi connectivity index (χ2v) is 14.6. The van der Waals surface area contributed by atoms with Gasteiger partial charge in [-0.15, -0.1) is 11.8 Å².